The average Bonchev–Trinajstić information content (AvgIpc) is 2.12. The number of hydrogen-bond donors (Lipinski definition) is 0. The van der Waals surface area contributed by atoms with E-state index in [-0.39, 0.29) is 0 Å². The van der Waals surface area contributed by atoms with E-state index in [0.29, 0.717) is 4.51 Å². The minimum absolute atomic E-state index is 0.378. The van der Waals surface area contributed by atoms with Gasteiger partial charge in [-0.25, -0.2) is 0 Å². The van der Waals surface area contributed by atoms with Gasteiger partial charge in [0.15, 0.2) is 0 Å². The topological polar surface area (TPSA) is 0 Å². The second-order valence-electron chi connectivity index (χ2n) is 1.40. The van der Waals surface area contributed by atoms with Crippen molar-refractivity contribution in [3.05, 3.63) is 24.3 Å². The summed E-state index contributed by atoms with van der Waals surface area (Å²) >= 11 is -1.49. The molecule has 0 spiro atoms. The molecule has 0 aromatic heterocycles. The Morgan fingerprint density at radius 2 is 1.62 bits per heavy atom. The Labute approximate surface area is 62.2 Å². The molecular formula is C5H5Cl2Ru. The molecule has 0 saturated carbocycles. The molecule has 0 N–H and O–H groups in total. The van der Waals surface area contributed by atoms with E-state index in [1.807, 2.05) is 24.3 Å². The fraction of sp³-hybridized carbons (Fsp3) is 0.200. The quantitative estimate of drug-likeness (QED) is 0.615. The predicted octanol–water partition coefficient (Wildman–Crippen LogP) is 2.83. The van der Waals surface area contributed by atoms with Crippen molar-refractivity contribution in [3.63, 3.8) is 0 Å². The first-order valence-corrected chi connectivity index (χ1v) is 7.62. The summed E-state index contributed by atoms with van der Waals surface area (Å²) in [5, 5.41) is 0. The van der Waals surface area contributed by atoms with Gasteiger partial charge in [0.1, 0.15) is 0 Å². The van der Waals surface area contributed by atoms with Gasteiger partial charge in [-0.05, 0) is 0 Å². The van der Waals surface area contributed by atoms with Crippen LogP contribution in [0.5, 0.6) is 0 Å². The van der Waals surface area contributed by atoms with Crippen LogP contribution in [0.2, 0.25) is 4.51 Å². The van der Waals surface area contributed by atoms with Gasteiger partial charge < -0.3 is 0 Å². The molecule has 0 amide bonds. The first-order valence-electron chi connectivity index (χ1n) is 2.14. The third kappa shape index (κ3) is 1.58. The Kier molecular flexibility index (Phi) is 2.56. The van der Waals surface area contributed by atoms with E-state index in [2.05, 4.69) is 0 Å². The summed E-state index contributed by atoms with van der Waals surface area (Å²) in [5.74, 6) is 0. The van der Waals surface area contributed by atoms with E-state index < -0.39 is 14.0 Å². The summed E-state index contributed by atoms with van der Waals surface area (Å²) in [6, 6.07) is 0. The van der Waals surface area contributed by atoms with Gasteiger partial charge in [0.25, 0.3) is 0 Å². The van der Waals surface area contributed by atoms with Crippen molar-refractivity contribution in [2.75, 3.05) is 0 Å². The van der Waals surface area contributed by atoms with Crippen LogP contribution in [0.1, 0.15) is 0 Å². The van der Waals surface area contributed by atoms with Crippen LogP contribution in [0.15, 0.2) is 24.3 Å². The molecule has 0 unspecified atom stereocenters. The van der Waals surface area contributed by atoms with Crippen LogP contribution < -0.4 is 0 Å². The Balaban J connectivity index is 2.49. The predicted molar refractivity (Wildman–Crippen MR) is 33.7 cm³/mol. The van der Waals surface area contributed by atoms with E-state index in [0.717, 1.165) is 0 Å². The number of hydrogen-bond acceptors (Lipinski definition) is 0. The molecule has 0 fully saturated rings. The van der Waals surface area contributed by atoms with Crippen molar-refractivity contribution in [2.24, 2.45) is 0 Å². The molecule has 0 nitrogen and oxygen atoms in total. The summed E-state index contributed by atoms with van der Waals surface area (Å²) in [6.45, 7) is 0. The molecule has 0 saturated heterocycles. The van der Waals surface area contributed by atoms with Crippen LogP contribution in [-0.2, 0) is 14.0 Å². The van der Waals surface area contributed by atoms with Crippen molar-refractivity contribution in [2.45, 2.75) is 4.51 Å². The van der Waals surface area contributed by atoms with E-state index in [9.17, 15) is 0 Å². The summed E-state index contributed by atoms with van der Waals surface area (Å²) in [5.41, 5.74) is 0. The number of rotatable bonds is 1. The zero-order valence-corrected chi connectivity index (χ0v) is 7.25. The van der Waals surface area contributed by atoms with Crippen LogP contribution in [0.4, 0.5) is 0 Å². The molecule has 1 rings (SSSR count). The molecule has 0 heterocycles. The summed E-state index contributed by atoms with van der Waals surface area (Å²) in [6.07, 6.45) is 8.05. The molecule has 0 aliphatic heterocycles. The normalized spacial score (nSPS) is 20.0. The molecule has 0 atom stereocenters. The van der Waals surface area contributed by atoms with Gasteiger partial charge in [0, 0.05) is 0 Å². The molecule has 8 heavy (non-hydrogen) atoms. The van der Waals surface area contributed by atoms with Crippen LogP contribution in [0, 0.1) is 0 Å². The van der Waals surface area contributed by atoms with Gasteiger partial charge in [-0.1, -0.05) is 0 Å². The third-order valence-electron chi connectivity index (χ3n) is 0.870. The Morgan fingerprint density at radius 1 is 1.12 bits per heavy atom. The van der Waals surface area contributed by atoms with Crippen LogP contribution in [-0.4, -0.2) is 0 Å². The molecule has 47 valence electrons. The molecule has 1 aliphatic carbocycles. The van der Waals surface area contributed by atoms with Gasteiger partial charge in [0.2, 0.25) is 0 Å². The van der Waals surface area contributed by atoms with Crippen molar-refractivity contribution >= 4 is 19.4 Å². The van der Waals surface area contributed by atoms with Crippen molar-refractivity contribution in [3.8, 4) is 0 Å². The summed E-state index contributed by atoms with van der Waals surface area (Å²) in [7, 11) is 11.4. The number of halogens is 2. The first-order chi connectivity index (χ1) is 3.80. The molecule has 0 radical (unpaired) electrons. The molecule has 0 aromatic rings. The molecular weight excluding hydrogens is 232 g/mol. The fourth-order valence-electron chi connectivity index (χ4n) is 0.502. The van der Waals surface area contributed by atoms with Crippen molar-refractivity contribution in [1.82, 2.24) is 0 Å². The molecule has 0 bridgehead atoms. The van der Waals surface area contributed by atoms with Gasteiger partial charge in [0.05, 0.1) is 0 Å². The Morgan fingerprint density at radius 3 is 1.88 bits per heavy atom. The second kappa shape index (κ2) is 3.01. The maximum absolute atomic E-state index is 5.69. The second-order valence-corrected chi connectivity index (χ2v) is 7.78. The van der Waals surface area contributed by atoms with Crippen molar-refractivity contribution < 1.29 is 14.0 Å². The van der Waals surface area contributed by atoms with E-state index >= 15 is 0 Å². The maximum atomic E-state index is 5.69. The standard InChI is InChI=1S/C5H5.2ClH.Ru/c1-2-4-5-3-1;;;/h1-5H;2*1H;/q;;;+2/p-2. The minimum atomic E-state index is -1.49. The van der Waals surface area contributed by atoms with Gasteiger partial charge in [-0.2, -0.15) is 0 Å². The molecule has 3 heteroatoms. The first kappa shape index (κ1) is 6.80. The average molecular weight is 237 g/mol. The monoisotopic (exact) mass is 237 g/mol. The van der Waals surface area contributed by atoms with E-state index in [1.165, 1.54) is 0 Å². The van der Waals surface area contributed by atoms with E-state index in [1.54, 1.807) is 0 Å². The summed E-state index contributed by atoms with van der Waals surface area (Å²) in [4.78, 5) is 0. The molecule has 0 aromatic carbocycles. The van der Waals surface area contributed by atoms with Gasteiger partial charge in [-0.15, -0.1) is 0 Å². The SMILES string of the molecule is [Cl][Ru]([Cl])[CH]1C=CC=C1. The Bertz CT molecular complexity index is 116. The zero-order chi connectivity index (χ0) is 5.98. The summed E-state index contributed by atoms with van der Waals surface area (Å²) < 4.78 is 0.378. The van der Waals surface area contributed by atoms with Crippen LogP contribution in [0.25, 0.3) is 0 Å². The van der Waals surface area contributed by atoms with Gasteiger partial charge in [-0.3, -0.25) is 0 Å². The Hall–Kier alpha value is 0.683. The zero-order valence-electron chi connectivity index (χ0n) is 4.00. The van der Waals surface area contributed by atoms with Crippen LogP contribution >= 0.6 is 19.4 Å². The number of allylic oxidation sites excluding steroid dienone is 4. The van der Waals surface area contributed by atoms with Crippen molar-refractivity contribution in [1.29, 1.82) is 0 Å². The third-order valence-corrected chi connectivity index (χ3v) is 4.52. The van der Waals surface area contributed by atoms with E-state index in [4.69, 9.17) is 19.4 Å². The van der Waals surface area contributed by atoms with Gasteiger partial charge >= 0.3 is 62.2 Å². The van der Waals surface area contributed by atoms with Crippen LogP contribution in [0.3, 0.4) is 0 Å². The molecule has 1 aliphatic rings. The fourth-order valence-corrected chi connectivity index (χ4v) is 2.61.